The number of nitrogens with one attached hydrogen (secondary N) is 1. The molecule has 0 bridgehead atoms. The third-order valence-corrected chi connectivity index (χ3v) is 4.29. The molecule has 3 unspecified atom stereocenters. The van der Waals surface area contributed by atoms with Gasteiger partial charge in [-0.3, -0.25) is 4.90 Å². The Morgan fingerprint density at radius 1 is 1.35 bits per heavy atom. The average Bonchev–Trinajstić information content (AvgIpc) is 2.62. The van der Waals surface area contributed by atoms with Crippen LogP contribution >= 0.6 is 0 Å². The summed E-state index contributed by atoms with van der Waals surface area (Å²) in [6.45, 7) is 7.71. The second-order valence-corrected chi connectivity index (χ2v) is 5.98. The van der Waals surface area contributed by atoms with Crippen LogP contribution < -0.4 is 5.32 Å². The van der Waals surface area contributed by atoms with Crippen molar-refractivity contribution in [2.75, 3.05) is 26.7 Å². The molecule has 20 heavy (non-hydrogen) atoms. The topological polar surface area (TPSA) is 24.5 Å². The van der Waals surface area contributed by atoms with Crippen molar-refractivity contribution >= 4 is 0 Å². The summed E-state index contributed by atoms with van der Waals surface area (Å²) in [4.78, 5) is 2.57. The molecule has 112 valence electrons. The van der Waals surface area contributed by atoms with Crippen molar-refractivity contribution in [3.8, 4) is 0 Å². The molecule has 0 radical (unpaired) electrons. The molecule has 1 aliphatic heterocycles. The van der Waals surface area contributed by atoms with Crippen LogP contribution in [0.4, 0.5) is 0 Å². The van der Waals surface area contributed by atoms with E-state index in [2.05, 4.69) is 54.4 Å². The van der Waals surface area contributed by atoms with Gasteiger partial charge in [0.2, 0.25) is 0 Å². The van der Waals surface area contributed by atoms with Crippen molar-refractivity contribution in [3.05, 3.63) is 35.9 Å². The number of hydrogen-bond donors (Lipinski definition) is 1. The monoisotopic (exact) mass is 276 g/mol. The van der Waals surface area contributed by atoms with E-state index in [1.165, 1.54) is 12.0 Å². The lowest BCUT2D eigenvalue weighted by Crippen LogP contribution is -2.44. The molecule has 3 nitrogen and oxygen atoms in total. The molecule has 3 atom stereocenters. The molecule has 0 saturated carbocycles. The number of benzene rings is 1. The summed E-state index contributed by atoms with van der Waals surface area (Å²) in [6, 6.07) is 11.9. The number of nitrogens with zero attached hydrogens (tertiary/aromatic N) is 1. The standard InChI is InChI=1S/C17H28N2O/c1-14-9-10-18-17(11-16-7-5-4-6-8-16)13-19(14)12-15(2)20-3/h4-8,14-15,17-18H,9-13H2,1-3H3. The molecular weight excluding hydrogens is 248 g/mol. The van der Waals surface area contributed by atoms with Gasteiger partial charge in [0, 0.05) is 32.3 Å². The van der Waals surface area contributed by atoms with Crippen LogP contribution in [-0.4, -0.2) is 49.8 Å². The number of ether oxygens (including phenoxy) is 1. The number of methoxy groups -OCH3 is 1. The summed E-state index contributed by atoms with van der Waals surface area (Å²) in [6.07, 6.45) is 2.61. The highest BCUT2D eigenvalue weighted by Crippen LogP contribution is 2.13. The maximum Gasteiger partial charge on any atom is 0.0670 e. The van der Waals surface area contributed by atoms with Crippen LogP contribution in [0.3, 0.4) is 0 Å². The second-order valence-electron chi connectivity index (χ2n) is 5.98. The van der Waals surface area contributed by atoms with Gasteiger partial charge in [0.15, 0.2) is 0 Å². The van der Waals surface area contributed by atoms with E-state index in [1.807, 2.05) is 0 Å². The first-order chi connectivity index (χ1) is 9.69. The van der Waals surface area contributed by atoms with Gasteiger partial charge in [-0.25, -0.2) is 0 Å². The van der Waals surface area contributed by atoms with E-state index in [0.717, 1.165) is 26.1 Å². The third-order valence-electron chi connectivity index (χ3n) is 4.29. The van der Waals surface area contributed by atoms with Gasteiger partial charge in [-0.2, -0.15) is 0 Å². The molecule has 1 fully saturated rings. The first-order valence-corrected chi connectivity index (χ1v) is 7.73. The predicted octanol–water partition coefficient (Wildman–Crippen LogP) is 2.32. The lowest BCUT2D eigenvalue weighted by atomic mass is 10.1. The first kappa shape index (κ1) is 15.5. The van der Waals surface area contributed by atoms with Crippen LogP contribution in [0.2, 0.25) is 0 Å². The summed E-state index contributed by atoms with van der Waals surface area (Å²) in [5.41, 5.74) is 1.42. The fourth-order valence-electron chi connectivity index (χ4n) is 2.90. The van der Waals surface area contributed by atoms with Gasteiger partial charge in [-0.1, -0.05) is 30.3 Å². The molecule has 3 heteroatoms. The van der Waals surface area contributed by atoms with Gasteiger partial charge in [0.1, 0.15) is 0 Å². The van der Waals surface area contributed by atoms with Crippen molar-refractivity contribution in [3.63, 3.8) is 0 Å². The van der Waals surface area contributed by atoms with E-state index in [0.29, 0.717) is 18.2 Å². The van der Waals surface area contributed by atoms with Gasteiger partial charge in [0.25, 0.3) is 0 Å². The van der Waals surface area contributed by atoms with Gasteiger partial charge < -0.3 is 10.1 Å². The molecule has 1 aromatic rings. The highest BCUT2D eigenvalue weighted by molar-refractivity contribution is 5.16. The van der Waals surface area contributed by atoms with Gasteiger partial charge in [0.05, 0.1) is 6.10 Å². The first-order valence-electron chi connectivity index (χ1n) is 7.73. The Morgan fingerprint density at radius 2 is 2.10 bits per heavy atom. The SMILES string of the molecule is COC(C)CN1CC(Cc2ccccc2)NCCC1C. The van der Waals surface area contributed by atoms with Crippen molar-refractivity contribution in [1.29, 1.82) is 0 Å². The Bertz CT molecular complexity index is 382. The van der Waals surface area contributed by atoms with Crippen LogP contribution in [0.1, 0.15) is 25.8 Å². The zero-order chi connectivity index (χ0) is 14.4. The molecule has 1 N–H and O–H groups in total. The van der Waals surface area contributed by atoms with Crippen molar-refractivity contribution in [1.82, 2.24) is 10.2 Å². The summed E-state index contributed by atoms with van der Waals surface area (Å²) < 4.78 is 5.43. The molecule has 0 amide bonds. The zero-order valence-corrected chi connectivity index (χ0v) is 13.0. The minimum Gasteiger partial charge on any atom is -0.380 e. The summed E-state index contributed by atoms with van der Waals surface area (Å²) in [5.74, 6) is 0. The van der Waals surface area contributed by atoms with Crippen molar-refractivity contribution < 1.29 is 4.74 Å². The second kappa shape index (κ2) is 7.77. The van der Waals surface area contributed by atoms with E-state index in [4.69, 9.17) is 4.74 Å². The Morgan fingerprint density at radius 3 is 2.80 bits per heavy atom. The minimum absolute atomic E-state index is 0.299. The summed E-state index contributed by atoms with van der Waals surface area (Å²) >= 11 is 0. The van der Waals surface area contributed by atoms with E-state index in [9.17, 15) is 0 Å². The quantitative estimate of drug-likeness (QED) is 0.893. The van der Waals surface area contributed by atoms with Crippen molar-refractivity contribution in [2.24, 2.45) is 0 Å². The molecule has 0 spiro atoms. The Labute approximate surface area is 123 Å². The minimum atomic E-state index is 0.299. The molecule has 1 aliphatic rings. The van der Waals surface area contributed by atoms with Gasteiger partial charge in [-0.05, 0) is 38.8 Å². The van der Waals surface area contributed by atoms with Crippen LogP contribution in [0.25, 0.3) is 0 Å². The van der Waals surface area contributed by atoms with Crippen LogP contribution in [0.15, 0.2) is 30.3 Å². The predicted molar refractivity (Wildman–Crippen MR) is 84.1 cm³/mol. The lowest BCUT2D eigenvalue weighted by molar-refractivity contribution is 0.0620. The van der Waals surface area contributed by atoms with Crippen LogP contribution in [0, 0.1) is 0 Å². The van der Waals surface area contributed by atoms with Crippen molar-refractivity contribution in [2.45, 2.75) is 44.9 Å². The molecule has 0 aromatic heterocycles. The van der Waals surface area contributed by atoms with E-state index < -0.39 is 0 Å². The Hall–Kier alpha value is -0.900. The average molecular weight is 276 g/mol. The number of hydrogen-bond acceptors (Lipinski definition) is 3. The highest BCUT2D eigenvalue weighted by atomic mass is 16.5. The Balaban J connectivity index is 1.96. The van der Waals surface area contributed by atoms with Crippen LogP contribution in [0.5, 0.6) is 0 Å². The maximum atomic E-state index is 5.43. The fraction of sp³-hybridized carbons (Fsp3) is 0.647. The lowest BCUT2D eigenvalue weighted by Gasteiger charge is -2.31. The third kappa shape index (κ3) is 4.58. The largest absolute Gasteiger partial charge is 0.380 e. The number of rotatable bonds is 5. The fourth-order valence-corrected chi connectivity index (χ4v) is 2.90. The van der Waals surface area contributed by atoms with E-state index >= 15 is 0 Å². The van der Waals surface area contributed by atoms with Gasteiger partial charge in [-0.15, -0.1) is 0 Å². The zero-order valence-electron chi connectivity index (χ0n) is 13.0. The molecule has 1 saturated heterocycles. The molecule has 0 aliphatic carbocycles. The smallest absolute Gasteiger partial charge is 0.0670 e. The summed E-state index contributed by atoms with van der Waals surface area (Å²) in [5, 5.41) is 3.70. The normalized spacial score (nSPS) is 26.1. The molecule has 1 heterocycles. The Kier molecular flexibility index (Phi) is 6.02. The molecular formula is C17H28N2O. The molecule has 1 aromatic carbocycles. The van der Waals surface area contributed by atoms with Crippen LogP contribution in [-0.2, 0) is 11.2 Å². The maximum absolute atomic E-state index is 5.43. The molecule has 2 rings (SSSR count). The van der Waals surface area contributed by atoms with E-state index in [1.54, 1.807) is 7.11 Å². The summed E-state index contributed by atoms with van der Waals surface area (Å²) in [7, 11) is 1.80. The highest BCUT2D eigenvalue weighted by Gasteiger charge is 2.24. The van der Waals surface area contributed by atoms with E-state index in [-0.39, 0.29) is 0 Å². The van der Waals surface area contributed by atoms with Gasteiger partial charge >= 0.3 is 0 Å².